The highest BCUT2D eigenvalue weighted by atomic mass is 35.5. The summed E-state index contributed by atoms with van der Waals surface area (Å²) in [5.74, 6) is 0.892. The van der Waals surface area contributed by atoms with E-state index in [1.165, 1.54) is 12.1 Å². The molecule has 1 aromatic heterocycles. The quantitative estimate of drug-likeness (QED) is 0.623. The third-order valence-corrected chi connectivity index (χ3v) is 5.25. The van der Waals surface area contributed by atoms with E-state index in [1.807, 2.05) is 24.3 Å². The SMILES string of the molecule is O=C(COc1ccccc1Cl)N1CCN(c2ccc(-c3ccc(F)cc3)nn2)CC1. The monoisotopic (exact) mass is 426 g/mol. The minimum absolute atomic E-state index is 0.0457. The molecule has 2 aromatic carbocycles. The Labute approximate surface area is 178 Å². The fraction of sp³-hybridized carbons (Fsp3) is 0.227. The fourth-order valence-electron chi connectivity index (χ4n) is 3.25. The number of rotatable bonds is 5. The number of piperazine rings is 1. The van der Waals surface area contributed by atoms with Crippen molar-refractivity contribution in [3.8, 4) is 17.0 Å². The average Bonchev–Trinajstić information content (AvgIpc) is 2.79. The molecule has 4 rings (SSSR count). The number of amides is 1. The number of nitrogens with zero attached hydrogens (tertiary/aromatic N) is 4. The first-order chi connectivity index (χ1) is 14.6. The van der Waals surface area contributed by atoms with Gasteiger partial charge in [-0.25, -0.2) is 4.39 Å². The number of para-hydroxylation sites is 1. The molecule has 0 radical (unpaired) electrons. The van der Waals surface area contributed by atoms with Crippen LogP contribution in [-0.4, -0.2) is 53.8 Å². The molecule has 0 unspecified atom stereocenters. The van der Waals surface area contributed by atoms with Gasteiger partial charge in [-0.1, -0.05) is 23.7 Å². The Morgan fingerprint density at radius 3 is 2.37 bits per heavy atom. The standard InChI is InChI=1S/C22H20ClFN4O2/c23-18-3-1-2-4-20(18)30-15-22(29)28-13-11-27(12-14-28)21-10-9-19(25-26-21)16-5-7-17(24)8-6-16/h1-10H,11-15H2. The van der Waals surface area contributed by atoms with E-state index in [1.54, 1.807) is 29.2 Å². The molecule has 8 heteroatoms. The van der Waals surface area contributed by atoms with Gasteiger partial charge in [-0.2, -0.15) is 0 Å². The van der Waals surface area contributed by atoms with Crippen LogP contribution in [0.5, 0.6) is 5.75 Å². The summed E-state index contributed by atoms with van der Waals surface area (Å²) in [7, 11) is 0. The van der Waals surface area contributed by atoms with Crippen molar-refractivity contribution in [1.29, 1.82) is 0 Å². The summed E-state index contributed by atoms with van der Waals surface area (Å²) in [6.07, 6.45) is 0. The number of halogens is 2. The summed E-state index contributed by atoms with van der Waals surface area (Å²) in [6.45, 7) is 2.42. The number of carbonyl (C=O) groups excluding carboxylic acids is 1. The Kier molecular flexibility index (Phi) is 6.09. The average molecular weight is 427 g/mol. The second-order valence-corrected chi connectivity index (χ2v) is 7.28. The number of anilines is 1. The minimum Gasteiger partial charge on any atom is -0.482 e. The zero-order valence-electron chi connectivity index (χ0n) is 16.2. The summed E-state index contributed by atoms with van der Waals surface area (Å²) < 4.78 is 18.6. The molecule has 1 aliphatic heterocycles. The second-order valence-electron chi connectivity index (χ2n) is 6.87. The van der Waals surface area contributed by atoms with Crippen LogP contribution in [0.4, 0.5) is 10.2 Å². The molecule has 1 saturated heterocycles. The number of carbonyl (C=O) groups is 1. The van der Waals surface area contributed by atoms with Crippen molar-refractivity contribution in [1.82, 2.24) is 15.1 Å². The van der Waals surface area contributed by atoms with E-state index in [0.29, 0.717) is 42.6 Å². The lowest BCUT2D eigenvalue weighted by Crippen LogP contribution is -2.50. The van der Waals surface area contributed by atoms with Gasteiger partial charge in [-0.05, 0) is 48.5 Å². The Bertz CT molecular complexity index is 1010. The number of benzene rings is 2. The van der Waals surface area contributed by atoms with Gasteiger partial charge in [0.1, 0.15) is 11.6 Å². The largest absolute Gasteiger partial charge is 0.482 e. The van der Waals surface area contributed by atoms with Gasteiger partial charge in [0, 0.05) is 31.7 Å². The van der Waals surface area contributed by atoms with E-state index < -0.39 is 0 Å². The predicted molar refractivity (Wildman–Crippen MR) is 113 cm³/mol. The molecule has 6 nitrogen and oxygen atoms in total. The topological polar surface area (TPSA) is 58.6 Å². The van der Waals surface area contributed by atoms with Gasteiger partial charge in [0.25, 0.3) is 5.91 Å². The number of aromatic nitrogens is 2. The highest BCUT2D eigenvalue weighted by Gasteiger charge is 2.22. The molecule has 0 bridgehead atoms. The van der Waals surface area contributed by atoms with Crippen molar-refractivity contribution in [2.45, 2.75) is 0 Å². The summed E-state index contributed by atoms with van der Waals surface area (Å²) >= 11 is 6.05. The molecule has 1 amide bonds. The molecule has 0 atom stereocenters. The molecule has 154 valence electrons. The number of hydrogen-bond donors (Lipinski definition) is 0. The lowest BCUT2D eigenvalue weighted by Gasteiger charge is -2.35. The van der Waals surface area contributed by atoms with Crippen molar-refractivity contribution in [2.24, 2.45) is 0 Å². The molecule has 0 spiro atoms. The summed E-state index contributed by atoms with van der Waals surface area (Å²) in [6, 6.07) is 17.0. The lowest BCUT2D eigenvalue weighted by atomic mass is 10.1. The van der Waals surface area contributed by atoms with E-state index >= 15 is 0 Å². The summed E-state index contributed by atoms with van der Waals surface area (Å²) in [5, 5.41) is 9.03. The minimum atomic E-state index is -0.284. The van der Waals surface area contributed by atoms with Crippen molar-refractivity contribution in [3.05, 3.63) is 71.5 Å². The van der Waals surface area contributed by atoms with Crippen molar-refractivity contribution in [2.75, 3.05) is 37.7 Å². The Hall–Kier alpha value is -3.19. The smallest absolute Gasteiger partial charge is 0.260 e. The summed E-state index contributed by atoms with van der Waals surface area (Å²) in [4.78, 5) is 16.3. The maximum Gasteiger partial charge on any atom is 0.260 e. The molecule has 0 aliphatic carbocycles. The fourth-order valence-corrected chi connectivity index (χ4v) is 3.44. The molecule has 3 aromatic rings. The van der Waals surface area contributed by atoms with Gasteiger partial charge in [0.05, 0.1) is 10.7 Å². The molecule has 30 heavy (non-hydrogen) atoms. The highest BCUT2D eigenvalue weighted by molar-refractivity contribution is 6.32. The first-order valence-corrected chi connectivity index (χ1v) is 9.98. The second kappa shape index (κ2) is 9.09. The van der Waals surface area contributed by atoms with E-state index in [-0.39, 0.29) is 18.3 Å². The first-order valence-electron chi connectivity index (χ1n) is 9.60. The van der Waals surface area contributed by atoms with Crippen LogP contribution in [0.15, 0.2) is 60.7 Å². The maximum atomic E-state index is 13.1. The molecule has 1 fully saturated rings. The van der Waals surface area contributed by atoms with Crippen LogP contribution in [-0.2, 0) is 4.79 Å². The number of ether oxygens (including phenoxy) is 1. The van der Waals surface area contributed by atoms with Crippen LogP contribution in [0, 0.1) is 5.82 Å². The third-order valence-electron chi connectivity index (χ3n) is 4.93. The van der Waals surface area contributed by atoms with Crippen LogP contribution >= 0.6 is 11.6 Å². The van der Waals surface area contributed by atoms with E-state index in [2.05, 4.69) is 15.1 Å². The first kappa shape index (κ1) is 20.1. The van der Waals surface area contributed by atoms with Crippen LogP contribution in [0.25, 0.3) is 11.3 Å². The Balaban J connectivity index is 1.30. The van der Waals surface area contributed by atoms with Crippen LogP contribution in [0.1, 0.15) is 0 Å². The zero-order valence-corrected chi connectivity index (χ0v) is 16.9. The van der Waals surface area contributed by atoms with Crippen molar-refractivity contribution in [3.63, 3.8) is 0 Å². The maximum absolute atomic E-state index is 13.1. The Morgan fingerprint density at radius 1 is 0.967 bits per heavy atom. The zero-order chi connectivity index (χ0) is 20.9. The van der Waals surface area contributed by atoms with Gasteiger partial charge in [0.15, 0.2) is 12.4 Å². The van der Waals surface area contributed by atoms with Gasteiger partial charge in [-0.3, -0.25) is 4.79 Å². The van der Waals surface area contributed by atoms with Gasteiger partial charge in [-0.15, -0.1) is 10.2 Å². The Morgan fingerprint density at radius 2 is 1.70 bits per heavy atom. The van der Waals surface area contributed by atoms with Gasteiger partial charge >= 0.3 is 0 Å². The van der Waals surface area contributed by atoms with Crippen LogP contribution in [0.2, 0.25) is 5.02 Å². The molecular formula is C22H20ClFN4O2. The lowest BCUT2D eigenvalue weighted by molar-refractivity contribution is -0.133. The molecule has 1 aliphatic rings. The normalized spacial score (nSPS) is 13.9. The van der Waals surface area contributed by atoms with Gasteiger partial charge < -0.3 is 14.5 Å². The van der Waals surface area contributed by atoms with Crippen LogP contribution in [0.3, 0.4) is 0 Å². The van der Waals surface area contributed by atoms with Crippen LogP contribution < -0.4 is 9.64 Å². The highest BCUT2D eigenvalue weighted by Crippen LogP contribution is 2.23. The predicted octanol–water partition coefficient (Wildman–Crippen LogP) is 3.66. The molecule has 0 N–H and O–H groups in total. The van der Waals surface area contributed by atoms with E-state index in [0.717, 1.165) is 11.4 Å². The number of hydrogen-bond acceptors (Lipinski definition) is 5. The molecule has 2 heterocycles. The van der Waals surface area contributed by atoms with Crippen molar-refractivity contribution >= 4 is 23.3 Å². The summed E-state index contributed by atoms with van der Waals surface area (Å²) in [5.41, 5.74) is 1.49. The van der Waals surface area contributed by atoms with E-state index in [9.17, 15) is 9.18 Å². The van der Waals surface area contributed by atoms with E-state index in [4.69, 9.17) is 16.3 Å². The molecular weight excluding hydrogens is 407 g/mol. The van der Waals surface area contributed by atoms with Crippen molar-refractivity contribution < 1.29 is 13.9 Å². The van der Waals surface area contributed by atoms with Gasteiger partial charge in [0.2, 0.25) is 0 Å². The third kappa shape index (κ3) is 4.68. The molecule has 0 saturated carbocycles.